The van der Waals surface area contributed by atoms with E-state index in [0.29, 0.717) is 24.8 Å². The summed E-state index contributed by atoms with van der Waals surface area (Å²) >= 11 is 5.92. The molecule has 210 valence electrons. The molecule has 1 N–H and O–H groups in total. The highest BCUT2D eigenvalue weighted by Crippen LogP contribution is 2.36. The predicted octanol–water partition coefficient (Wildman–Crippen LogP) is 3.46. The van der Waals surface area contributed by atoms with E-state index >= 15 is 8.78 Å². The van der Waals surface area contributed by atoms with E-state index in [2.05, 4.69) is 10.3 Å². The number of hydrogen-bond acceptors (Lipinski definition) is 6. The number of rotatable bonds is 7. The molecule has 2 aliphatic heterocycles. The lowest BCUT2D eigenvalue weighted by Gasteiger charge is -2.38. The summed E-state index contributed by atoms with van der Waals surface area (Å²) in [7, 11) is 1.27. The molecule has 3 heterocycles. The second-order valence-corrected chi connectivity index (χ2v) is 10.9. The van der Waals surface area contributed by atoms with E-state index in [9.17, 15) is 14.4 Å². The number of hydrogen-bond donors (Lipinski definition) is 1. The lowest BCUT2D eigenvalue weighted by molar-refractivity contribution is -0.118. The van der Waals surface area contributed by atoms with Gasteiger partial charge in [-0.05, 0) is 31.2 Å². The van der Waals surface area contributed by atoms with E-state index in [4.69, 9.17) is 21.1 Å². The van der Waals surface area contributed by atoms with Crippen LogP contribution in [-0.2, 0) is 16.1 Å². The highest BCUT2D eigenvalue weighted by molar-refractivity contribution is 6.30. The van der Waals surface area contributed by atoms with Gasteiger partial charge in [0.05, 0.1) is 32.3 Å². The topological polar surface area (TPSA) is 103 Å². The Balaban J connectivity index is 1.56. The van der Waals surface area contributed by atoms with Crippen molar-refractivity contribution in [2.45, 2.75) is 32.4 Å². The van der Waals surface area contributed by atoms with Crippen molar-refractivity contribution in [2.24, 2.45) is 5.41 Å². The molecule has 2 aromatic carbocycles. The Morgan fingerprint density at radius 1 is 1.20 bits per heavy atom. The number of aromatic nitrogens is 2. The molecule has 1 aromatic heterocycles. The zero-order valence-electron chi connectivity index (χ0n) is 22.0. The largest absolute Gasteiger partial charge is 0.497 e. The van der Waals surface area contributed by atoms with Gasteiger partial charge in [-0.3, -0.25) is 19.0 Å². The maximum atomic E-state index is 15.3. The van der Waals surface area contributed by atoms with Crippen molar-refractivity contribution < 1.29 is 27.8 Å². The molecular formula is C28H27ClF2N4O5. The average molecular weight is 573 g/mol. The molecule has 0 radical (unpaired) electrons. The Kier molecular flexibility index (Phi) is 7.36. The number of ether oxygens (including phenoxy) is 2. The summed E-state index contributed by atoms with van der Waals surface area (Å²) in [6.07, 6.45) is 1.41. The number of carbonyl (C=O) groups excluding carboxylic acids is 2. The molecule has 3 aromatic rings. The number of amides is 2. The van der Waals surface area contributed by atoms with Crippen molar-refractivity contribution in [1.82, 2.24) is 14.9 Å². The Bertz CT molecular complexity index is 1520. The molecule has 2 saturated heterocycles. The lowest BCUT2D eigenvalue weighted by Crippen LogP contribution is -2.47. The second-order valence-electron chi connectivity index (χ2n) is 10.4. The molecule has 40 heavy (non-hydrogen) atoms. The molecule has 0 bridgehead atoms. The SMILES string of the molecule is COc1cc(F)c([C@@H]2CN(c3c(C)ncn(CC4(C)COC4)c3=O)C(=O)[C@H]2NC(=O)c2ccc(Cl)cc2)c(F)c1. The van der Waals surface area contributed by atoms with Gasteiger partial charge in [0.15, 0.2) is 0 Å². The first-order chi connectivity index (χ1) is 19.0. The van der Waals surface area contributed by atoms with Gasteiger partial charge in [-0.25, -0.2) is 13.8 Å². The van der Waals surface area contributed by atoms with Gasteiger partial charge in [0.1, 0.15) is 29.1 Å². The van der Waals surface area contributed by atoms with E-state index in [0.717, 1.165) is 17.0 Å². The number of nitrogens with zero attached hydrogens (tertiary/aromatic N) is 3. The summed E-state index contributed by atoms with van der Waals surface area (Å²) in [4.78, 5) is 46.0. The maximum Gasteiger partial charge on any atom is 0.277 e. The summed E-state index contributed by atoms with van der Waals surface area (Å²) in [6.45, 7) is 4.54. The van der Waals surface area contributed by atoms with Crippen molar-refractivity contribution in [3.8, 4) is 5.75 Å². The highest BCUT2D eigenvalue weighted by atomic mass is 35.5. The van der Waals surface area contributed by atoms with Gasteiger partial charge in [0.25, 0.3) is 17.4 Å². The first-order valence-electron chi connectivity index (χ1n) is 12.6. The monoisotopic (exact) mass is 572 g/mol. The number of aryl methyl sites for hydroxylation is 1. The number of benzene rings is 2. The van der Waals surface area contributed by atoms with E-state index < -0.39 is 46.5 Å². The van der Waals surface area contributed by atoms with Gasteiger partial charge in [0.2, 0.25) is 0 Å². The van der Waals surface area contributed by atoms with Crippen LogP contribution in [0.3, 0.4) is 0 Å². The van der Waals surface area contributed by atoms with E-state index in [-0.39, 0.29) is 34.7 Å². The summed E-state index contributed by atoms with van der Waals surface area (Å²) < 4.78 is 42.2. The van der Waals surface area contributed by atoms with Gasteiger partial charge in [-0.15, -0.1) is 0 Å². The molecule has 9 nitrogen and oxygen atoms in total. The lowest BCUT2D eigenvalue weighted by atomic mass is 9.88. The maximum absolute atomic E-state index is 15.3. The van der Waals surface area contributed by atoms with Crippen molar-refractivity contribution in [3.05, 3.63) is 86.6 Å². The fourth-order valence-corrected chi connectivity index (χ4v) is 5.28. The summed E-state index contributed by atoms with van der Waals surface area (Å²) in [5.41, 5.74) is -0.698. The zero-order valence-corrected chi connectivity index (χ0v) is 22.8. The third-order valence-electron chi connectivity index (χ3n) is 7.29. The number of halogens is 3. The van der Waals surface area contributed by atoms with Gasteiger partial charge in [0, 0.05) is 52.7 Å². The first kappa shape index (κ1) is 27.7. The normalized spacial score (nSPS) is 19.9. The van der Waals surface area contributed by atoms with Crippen molar-refractivity contribution in [3.63, 3.8) is 0 Å². The first-order valence-corrected chi connectivity index (χ1v) is 12.9. The molecule has 0 aliphatic carbocycles. The Morgan fingerprint density at radius 2 is 1.85 bits per heavy atom. The van der Waals surface area contributed by atoms with Crippen LogP contribution in [0.4, 0.5) is 14.5 Å². The van der Waals surface area contributed by atoms with Crippen molar-refractivity contribution >= 4 is 29.1 Å². The molecule has 0 unspecified atom stereocenters. The van der Waals surface area contributed by atoms with Gasteiger partial charge >= 0.3 is 0 Å². The van der Waals surface area contributed by atoms with Gasteiger partial charge in [-0.2, -0.15) is 0 Å². The standard InChI is InChI=1S/C28H27ClF2N4O5/c1-15-24(27(38)34(14-32-15)11-28(2)12-40-13-28)35-10-19(22-20(30)8-18(39-3)9-21(22)31)23(26(35)37)33-25(36)16-4-6-17(29)7-5-16/h4-9,14,19,23H,10-13H2,1-3H3,(H,33,36)/t19-,23-/m0/s1. The van der Waals surface area contributed by atoms with E-state index in [1.807, 2.05) is 6.92 Å². The molecule has 2 aliphatic rings. The molecule has 0 spiro atoms. The number of methoxy groups -OCH3 is 1. The van der Waals surface area contributed by atoms with Gasteiger partial charge < -0.3 is 19.7 Å². The average Bonchev–Trinajstić information content (AvgIpc) is 3.19. The minimum Gasteiger partial charge on any atom is -0.497 e. The molecular weight excluding hydrogens is 546 g/mol. The highest BCUT2D eigenvalue weighted by Gasteiger charge is 2.46. The van der Waals surface area contributed by atoms with E-state index in [1.165, 1.54) is 42.3 Å². The third-order valence-corrected chi connectivity index (χ3v) is 7.54. The molecule has 0 saturated carbocycles. The van der Waals surface area contributed by atoms with Crippen LogP contribution in [0, 0.1) is 24.0 Å². The smallest absolute Gasteiger partial charge is 0.277 e. The number of anilines is 1. The number of nitrogens with one attached hydrogen (secondary N) is 1. The molecule has 5 rings (SSSR count). The Labute approximate surface area is 233 Å². The fraction of sp³-hybridized carbons (Fsp3) is 0.357. The molecule has 2 atom stereocenters. The van der Waals surface area contributed by atoms with Crippen LogP contribution in [0.15, 0.2) is 47.5 Å². The van der Waals surface area contributed by atoms with Crippen molar-refractivity contribution in [1.29, 1.82) is 0 Å². The molecule has 2 amide bonds. The minimum atomic E-state index is -1.38. The van der Waals surface area contributed by atoms with Crippen LogP contribution in [0.2, 0.25) is 5.02 Å². The third kappa shape index (κ3) is 5.06. The van der Waals surface area contributed by atoms with Crippen LogP contribution in [0.1, 0.15) is 34.5 Å². The summed E-state index contributed by atoms with van der Waals surface area (Å²) in [6, 6.07) is 6.58. The van der Waals surface area contributed by atoms with E-state index in [1.54, 1.807) is 6.92 Å². The second kappa shape index (κ2) is 10.6. The number of carbonyl (C=O) groups is 2. The van der Waals surface area contributed by atoms with Crippen LogP contribution < -0.4 is 20.5 Å². The van der Waals surface area contributed by atoms with Crippen LogP contribution >= 0.6 is 11.6 Å². The summed E-state index contributed by atoms with van der Waals surface area (Å²) in [5, 5.41) is 3.03. The predicted molar refractivity (Wildman–Crippen MR) is 143 cm³/mol. The van der Waals surface area contributed by atoms with Crippen molar-refractivity contribution in [2.75, 3.05) is 31.8 Å². The van der Waals surface area contributed by atoms with Gasteiger partial charge in [-0.1, -0.05) is 18.5 Å². The zero-order chi connectivity index (χ0) is 28.8. The van der Waals surface area contributed by atoms with Crippen LogP contribution in [0.5, 0.6) is 5.75 Å². The Morgan fingerprint density at radius 3 is 2.42 bits per heavy atom. The minimum absolute atomic E-state index is 0.0149. The fourth-order valence-electron chi connectivity index (χ4n) is 5.15. The quantitative estimate of drug-likeness (QED) is 0.465. The summed E-state index contributed by atoms with van der Waals surface area (Å²) in [5.74, 6) is -4.43. The molecule has 2 fully saturated rings. The van der Waals surface area contributed by atoms with Crippen LogP contribution in [0.25, 0.3) is 0 Å². The molecule has 12 heteroatoms. The Hall–Kier alpha value is -3.83. The van der Waals surface area contributed by atoms with Crippen LogP contribution in [-0.4, -0.2) is 54.3 Å².